The number of hydrogen-bond donors (Lipinski definition) is 2. The normalized spacial score (nSPS) is 13.7. The van der Waals surface area contributed by atoms with Gasteiger partial charge in [0, 0.05) is 29.9 Å². The molecule has 0 aliphatic carbocycles. The Morgan fingerprint density at radius 1 is 0.864 bits per heavy atom. The number of hydrogen-bond acceptors (Lipinski definition) is 5. The first-order chi connectivity index (χ1) is 21.3. The number of halogens is 3. The molecule has 1 saturated heterocycles. The summed E-state index contributed by atoms with van der Waals surface area (Å²) in [7, 11) is 0. The van der Waals surface area contributed by atoms with E-state index in [0.29, 0.717) is 30.2 Å². The zero-order chi connectivity index (χ0) is 30.5. The highest BCUT2D eigenvalue weighted by molar-refractivity contribution is 6.00. The Labute approximate surface area is 252 Å². The quantitative estimate of drug-likeness (QED) is 0.188. The van der Waals surface area contributed by atoms with Crippen molar-refractivity contribution in [2.45, 2.75) is 25.4 Å². The molecule has 2 amide bonds. The van der Waals surface area contributed by atoms with E-state index in [1.54, 1.807) is 22.7 Å². The van der Waals surface area contributed by atoms with Crippen LogP contribution in [0.25, 0.3) is 16.9 Å². The topological polar surface area (TPSA) is 83.8 Å². The fourth-order valence-electron chi connectivity index (χ4n) is 5.22. The van der Waals surface area contributed by atoms with Crippen LogP contribution in [-0.4, -0.2) is 51.8 Å². The smallest absolute Gasteiger partial charge is 0.416 e. The third-order valence-corrected chi connectivity index (χ3v) is 7.45. The van der Waals surface area contributed by atoms with Crippen LogP contribution in [-0.2, 0) is 12.6 Å². The number of carbonyl (C=O) groups is 1. The number of ether oxygens (including phenoxy) is 1. The SMILES string of the molecule is O=C(Nc1ccc(C(F)(F)F)cc1)Nc1cccc(-c2cccc3nc(Cc4ccc(OCCN5CCCC5)cc4)nn23)c1. The number of anilines is 2. The van der Waals surface area contributed by atoms with Crippen molar-refractivity contribution < 1.29 is 22.7 Å². The number of benzene rings is 3. The van der Waals surface area contributed by atoms with E-state index in [-0.39, 0.29) is 5.69 Å². The van der Waals surface area contributed by atoms with Gasteiger partial charge in [-0.2, -0.15) is 18.3 Å². The van der Waals surface area contributed by atoms with Gasteiger partial charge in [-0.05, 0) is 92.2 Å². The number of urea groups is 1. The second kappa shape index (κ2) is 12.8. The van der Waals surface area contributed by atoms with Gasteiger partial charge in [-0.1, -0.05) is 30.3 Å². The second-order valence-corrected chi connectivity index (χ2v) is 10.7. The Bertz CT molecular complexity index is 1730. The predicted molar refractivity (Wildman–Crippen MR) is 163 cm³/mol. The van der Waals surface area contributed by atoms with Crippen LogP contribution < -0.4 is 15.4 Å². The van der Waals surface area contributed by atoms with Gasteiger partial charge in [-0.25, -0.2) is 14.3 Å². The maximum absolute atomic E-state index is 12.8. The molecule has 11 heteroatoms. The van der Waals surface area contributed by atoms with Crippen LogP contribution in [0.1, 0.15) is 29.8 Å². The maximum atomic E-state index is 12.8. The lowest BCUT2D eigenvalue weighted by atomic mass is 10.1. The lowest BCUT2D eigenvalue weighted by Crippen LogP contribution is -2.25. The Balaban J connectivity index is 1.10. The number of pyridine rings is 1. The molecule has 2 aromatic heterocycles. The average Bonchev–Trinajstić information content (AvgIpc) is 3.68. The number of nitrogens with zero attached hydrogens (tertiary/aromatic N) is 4. The lowest BCUT2D eigenvalue weighted by molar-refractivity contribution is -0.137. The summed E-state index contributed by atoms with van der Waals surface area (Å²) in [5.41, 5.74) is 3.31. The van der Waals surface area contributed by atoms with E-state index in [1.807, 2.05) is 48.5 Å². The minimum absolute atomic E-state index is 0.242. The number of rotatable bonds is 9. The standard InChI is InChI=1S/C33H31F3N6O2/c34-33(35,36)25-11-13-26(14-12-25)37-32(43)38-27-6-3-5-24(22-27)29-7-4-8-31-39-30(40-42(29)31)21-23-9-15-28(16-10-23)44-20-19-41-17-1-2-18-41/h3-16,22H,1-2,17-21H2,(H2,37,38,43). The minimum Gasteiger partial charge on any atom is -0.492 e. The molecule has 0 spiro atoms. The fourth-order valence-corrected chi connectivity index (χ4v) is 5.22. The van der Waals surface area contributed by atoms with Crippen LogP contribution in [0.2, 0.25) is 0 Å². The Morgan fingerprint density at radius 2 is 1.59 bits per heavy atom. The van der Waals surface area contributed by atoms with Gasteiger partial charge in [0.25, 0.3) is 0 Å². The van der Waals surface area contributed by atoms with Crippen LogP contribution >= 0.6 is 0 Å². The summed E-state index contributed by atoms with van der Waals surface area (Å²) in [6, 6.07) is 24.6. The van der Waals surface area contributed by atoms with Gasteiger partial charge < -0.3 is 15.4 Å². The summed E-state index contributed by atoms with van der Waals surface area (Å²) in [4.78, 5) is 19.7. The molecule has 0 atom stereocenters. The van der Waals surface area contributed by atoms with Crippen molar-refractivity contribution in [1.82, 2.24) is 19.5 Å². The molecule has 0 unspecified atom stereocenters. The van der Waals surface area contributed by atoms with Gasteiger partial charge in [0.05, 0.1) is 11.3 Å². The Morgan fingerprint density at radius 3 is 2.34 bits per heavy atom. The van der Waals surface area contributed by atoms with Crippen molar-refractivity contribution >= 4 is 23.1 Å². The number of amides is 2. The first-order valence-corrected chi connectivity index (χ1v) is 14.4. The third kappa shape index (κ3) is 7.17. The largest absolute Gasteiger partial charge is 0.492 e. The molecule has 1 aliphatic rings. The summed E-state index contributed by atoms with van der Waals surface area (Å²) in [5, 5.41) is 10.0. The molecule has 6 rings (SSSR count). The summed E-state index contributed by atoms with van der Waals surface area (Å²) in [6.07, 6.45) is -1.34. The van der Waals surface area contributed by atoms with Gasteiger partial charge in [-0.3, -0.25) is 4.90 Å². The monoisotopic (exact) mass is 600 g/mol. The Hall–Kier alpha value is -4.90. The molecule has 44 heavy (non-hydrogen) atoms. The van der Waals surface area contributed by atoms with Gasteiger partial charge in [0.15, 0.2) is 11.5 Å². The summed E-state index contributed by atoms with van der Waals surface area (Å²) >= 11 is 0. The number of alkyl halides is 3. The molecule has 2 N–H and O–H groups in total. The first-order valence-electron chi connectivity index (χ1n) is 14.4. The van der Waals surface area contributed by atoms with Crippen molar-refractivity contribution in [2.24, 2.45) is 0 Å². The van der Waals surface area contributed by atoms with E-state index < -0.39 is 17.8 Å². The summed E-state index contributed by atoms with van der Waals surface area (Å²) < 4.78 is 46.1. The molecular weight excluding hydrogens is 569 g/mol. The molecule has 3 heterocycles. The van der Waals surface area contributed by atoms with Crippen LogP contribution in [0.15, 0.2) is 91.0 Å². The second-order valence-electron chi connectivity index (χ2n) is 10.7. The van der Waals surface area contributed by atoms with Gasteiger partial charge in [0.1, 0.15) is 12.4 Å². The molecule has 0 bridgehead atoms. The van der Waals surface area contributed by atoms with Crippen molar-refractivity contribution in [3.8, 4) is 17.0 Å². The minimum atomic E-state index is -4.44. The number of aromatic nitrogens is 3. The molecule has 1 aliphatic heterocycles. The average molecular weight is 601 g/mol. The lowest BCUT2D eigenvalue weighted by Gasteiger charge is -2.14. The summed E-state index contributed by atoms with van der Waals surface area (Å²) in [6.45, 7) is 3.94. The molecule has 0 saturated carbocycles. The molecule has 0 radical (unpaired) electrons. The highest BCUT2D eigenvalue weighted by Crippen LogP contribution is 2.30. The molecule has 8 nitrogen and oxygen atoms in total. The fraction of sp³-hybridized carbons (Fsp3) is 0.242. The van der Waals surface area contributed by atoms with Crippen molar-refractivity contribution in [3.63, 3.8) is 0 Å². The van der Waals surface area contributed by atoms with Crippen LogP contribution in [0.4, 0.5) is 29.3 Å². The van der Waals surface area contributed by atoms with Crippen molar-refractivity contribution in [2.75, 3.05) is 36.9 Å². The van der Waals surface area contributed by atoms with Crippen molar-refractivity contribution in [3.05, 3.63) is 108 Å². The molecule has 3 aromatic carbocycles. The van der Waals surface area contributed by atoms with Crippen molar-refractivity contribution in [1.29, 1.82) is 0 Å². The zero-order valence-corrected chi connectivity index (χ0v) is 23.8. The number of fused-ring (bicyclic) bond motifs is 1. The van der Waals surface area contributed by atoms with E-state index in [1.165, 1.54) is 25.0 Å². The maximum Gasteiger partial charge on any atom is 0.416 e. The first kappa shape index (κ1) is 29.2. The number of likely N-dealkylation sites (tertiary alicyclic amines) is 1. The van der Waals surface area contributed by atoms with E-state index in [0.717, 1.165) is 54.3 Å². The number of carbonyl (C=O) groups excluding carboxylic acids is 1. The molecule has 1 fully saturated rings. The third-order valence-electron chi connectivity index (χ3n) is 7.45. The van der Waals surface area contributed by atoms with E-state index >= 15 is 0 Å². The predicted octanol–water partition coefficient (Wildman–Crippen LogP) is 7.12. The highest BCUT2D eigenvalue weighted by atomic mass is 19.4. The summed E-state index contributed by atoms with van der Waals surface area (Å²) in [5.74, 6) is 1.52. The van der Waals surface area contributed by atoms with Gasteiger partial charge in [0.2, 0.25) is 0 Å². The highest BCUT2D eigenvalue weighted by Gasteiger charge is 2.30. The zero-order valence-electron chi connectivity index (χ0n) is 23.8. The molecule has 5 aromatic rings. The van der Waals surface area contributed by atoms with E-state index in [2.05, 4.69) is 15.5 Å². The number of nitrogens with one attached hydrogen (secondary N) is 2. The van der Waals surface area contributed by atoms with E-state index in [9.17, 15) is 18.0 Å². The van der Waals surface area contributed by atoms with Crippen LogP contribution in [0, 0.1) is 0 Å². The van der Waals surface area contributed by atoms with Crippen LogP contribution in [0.3, 0.4) is 0 Å². The van der Waals surface area contributed by atoms with Crippen LogP contribution in [0.5, 0.6) is 5.75 Å². The Kier molecular flexibility index (Phi) is 8.47. The molecular formula is C33H31F3N6O2. The molecule has 226 valence electrons. The van der Waals surface area contributed by atoms with Gasteiger partial charge in [-0.15, -0.1) is 0 Å². The van der Waals surface area contributed by atoms with E-state index in [4.69, 9.17) is 14.8 Å². The van der Waals surface area contributed by atoms with Gasteiger partial charge >= 0.3 is 12.2 Å².